The van der Waals surface area contributed by atoms with E-state index >= 15 is 0 Å². The molecule has 2 rings (SSSR count). The Morgan fingerprint density at radius 1 is 1.33 bits per heavy atom. The summed E-state index contributed by atoms with van der Waals surface area (Å²) in [4.78, 5) is 12.0. The highest BCUT2D eigenvalue weighted by Gasteiger charge is 2.24. The van der Waals surface area contributed by atoms with Crippen molar-refractivity contribution in [3.63, 3.8) is 0 Å². The second kappa shape index (κ2) is 5.67. The van der Waals surface area contributed by atoms with Gasteiger partial charge < -0.3 is 11.1 Å². The van der Waals surface area contributed by atoms with E-state index in [-0.39, 0.29) is 22.9 Å². The van der Waals surface area contributed by atoms with Crippen LogP contribution >= 0.6 is 11.6 Å². The van der Waals surface area contributed by atoms with Crippen molar-refractivity contribution in [2.24, 2.45) is 11.7 Å². The molecule has 3 N–H and O–H groups in total. The van der Waals surface area contributed by atoms with Gasteiger partial charge in [0.2, 0.25) is 5.91 Å². The SMILES string of the molecule is NC1CCC(C(=O)Nc2ccc(F)cc2Cl)CC1. The van der Waals surface area contributed by atoms with Gasteiger partial charge in [0.15, 0.2) is 0 Å². The zero-order valence-corrected chi connectivity index (χ0v) is 10.7. The maximum Gasteiger partial charge on any atom is 0.227 e. The van der Waals surface area contributed by atoms with Crippen molar-refractivity contribution in [1.29, 1.82) is 0 Å². The topological polar surface area (TPSA) is 55.1 Å². The number of halogens is 2. The van der Waals surface area contributed by atoms with Crippen LogP contribution in [0.15, 0.2) is 18.2 Å². The molecule has 0 radical (unpaired) electrons. The standard InChI is InChI=1S/C13H16ClFN2O/c14-11-7-9(15)3-6-12(11)17-13(18)8-1-4-10(16)5-2-8/h3,6-8,10H,1-2,4-5,16H2,(H,17,18). The molecule has 0 unspecified atom stereocenters. The maximum atomic E-state index is 12.9. The number of anilines is 1. The number of rotatable bonds is 2. The summed E-state index contributed by atoms with van der Waals surface area (Å²) in [6.07, 6.45) is 3.34. The summed E-state index contributed by atoms with van der Waals surface area (Å²) in [6.45, 7) is 0. The highest BCUT2D eigenvalue weighted by atomic mass is 35.5. The second-order valence-electron chi connectivity index (χ2n) is 4.73. The molecule has 0 aromatic heterocycles. The third-order valence-corrected chi connectivity index (χ3v) is 3.64. The first kappa shape index (κ1) is 13.3. The number of nitrogens with two attached hydrogens (primary N) is 1. The van der Waals surface area contributed by atoms with Crippen LogP contribution in [0.4, 0.5) is 10.1 Å². The summed E-state index contributed by atoms with van der Waals surface area (Å²) in [6, 6.07) is 4.15. The first-order valence-corrected chi connectivity index (χ1v) is 6.45. The molecule has 98 valence electrons. The van der Waals surface area contributed by atoms with Gasteiger partial charge in [0.05, 0.1) is 10.7 Å². The number of hydrogen-bond acceptors (Lipinski definition) is 2. The molecule has 18 heavy (non-hydrogen) atoms. The number of nitrogens with one attached hydrogen (secondary N) is 1. The highest BCUT2D eigenvalue weighted by molar-refractivity contribution is 6.33. The molecule has 0 heterocycles. The van der Waals surface area contributed by atoms with E-state index in [4.69, 9.17) is 17.3 Å². The Morgan fingerprint density at radius 2 is 2.00 bits per heavy atom. The molecular formula is C13H16ClFN2O. The molecule has 1 aliphatic rings. The van der Waals surface area contributed by atoms with E-state index in [9.17, 15) is 9.18 Å². The molecule has 0 aliphatic heterocycles. The Balaban J connectivity index is 1.98. The Labute approximate surface area is 111 Å². The van der Waals surface area contributed by atoms with E-state index in [2.05, 4.69) is 5.32 Å². The zero-order chi connectivity index (χ0) is 13.1. The van der Waals surface area contributed by atoms with Crippen LogP contribution in [-0.2, 0) is 4.79 Å². The monoisotopic (exact) mass is 270 g/mol. The summed E-state index contributed by atoms with van der Waals surface area (Å²) in [5, 5.41) is 2.96. The minimum absolute atomic E-state index is 0.0223. The van der Waals surface area contributed by atoms with Gasteiger partial charge >= 0.3 is 0 Å². The van der Waals surface area contributed by atoms with Crippen LogP contribution in [0.25, 0.3) is 0 Å². The second-order valence-corrected chi connectivity index (χ2v) is 5.13. The normalized spacial score (nSPS) is 23.7. The molecule has 1 aromatic rings. The van der Waals surface area contributed by atoms with Gasteiger partial charge in [-0.25, -0.2) is 4.39 Å². The van der Waals surface area contributed by atoms with E-state index in [1.165, 1.54) is 18.2 Å². The van der Waals surface area contributed by atoms with E-state index < -0.39 is 5.82 Å². The Hall–Kier alpha value is -1.13. The number of carbonyl (C=O) groups excluding carboxylic acids is 1. The van der Waals surface area contributed by atoms with Crippen LogP contribution in [-0.4, -0.2) is 11.9 Å². The van der Waals surface area contributed by atoms with Crippen LogP contribution in [0.3, 0.4) is 0 Å². The van der Waals surface area contributed by atoms with Gasteiger partial charge in [-0.1, -0.05) is 11.6 Å². The molecular weight excluding hydrogens is 255 g/mol. The van der Waals surface area contributed by atoms with Crippen molar-refractivity contribution in [3.8, 4) is 0 Å². The zero-order valence-electron chi connectivity index (χ0n) is 9.96. The Kier molecular flexibility index (Phi) is 4.19. The van der Waals surface area contributed by atoms with Crippen LogP contribution in [0.2, 0.25) is 5.02 Å². The summed E-state index contributed by atoms with van der Waals surface area (Å²) in [5.74, 6) is -0.497. The molecule has 1 fully saturated rings. The van der Waals surface area contributed by atoms with Gasteiger partial charge in [0.1, 0.15) is 5.82 Å². The van der Waals surface area contributed by atoms with Crippen molar-refractivity contribution >= 4 is 23.2 Å². The van der Waals surface area contributed by atoms with Crippen molar-refractivity contribution in [2.75, 3.05) is 5.32 Å². The molecule has 1 saturated carbocycles. The fraction of sp³-hybridized carbons (Fsp3) is 0.462. The van der Waals surface area contributed by atoms with Gasteiger partial charge in [-0.2, -0.15) is 0 Å². The molecule has 0 bridgehead atoms. The van der Waals surface area contributed by atoms with E-state index in [1.54, 1.807) is 0 Å². The van der Waals surface area contributed by atoms with E-state index in [0.717, 1.165) is 25.7 Å². The van der Waals surface area contributed by atoms with Crippen LogP contribution in [0.5, 0.6) is 0 Å². The van der Waals surface area contributed by atoms with E-state index in [0.29, 0.717) is 5.69 Å². The fourth-order valence-corrected chi connectivity index (χ4v) is 2.42. The molecule has 0 atom stereocenters. The lowest BCUT2D eigenvalue weighted by Gasteiger charge is -2.25. The Bertz CT molecular complexity index is 445. The maximum absolute atomic E-state index is 12.9. The lowest BCUT2D eigenvalue weighted by molar-refractivity contribution is -0.120. The highest BCUT2D eigenvalue weighted by Crippen LogP contribution is 2.27. The summed E-state index contributed by atoms with van der Waals surface area (Å²) in [7, 11) is 0. The third kappa shape index (κ3) is 3.21. The number of amides is 1. The average molecular weight is 271 g/mol. The molecule has 3 nitrogen and oxygen atoms in total. The van der Waals surface area contributed by atoms with Gasteiger partial charge in [0, 0.05) is 12.0 Å². The van der Waals surface area contributed by atoms with Gasteiger partial charge in [0.25, 0.3) is 0 Å². The third-order valence-electron chi connectivity index (χ3n) is 3.33. The predicted octanol–water partition coefficient (Wildman–Crippen LogP) is 2.94. The first-order valence-electron chi connectivity index (χ1n) is 6.08. The smallest absolute Gasteiger partial charge is 0.227 e. The summed E-state index contributed by atoms with van der Waals surface area (Å²) < 4.78 is 12.9. The number of carbonyl (C=O) groups is 1. The number of hydrogen-bond donors (Lipinski definition) is 2. The van der Waals surface area contributed by atoms with Crippen molar-refractivity contribution in [1.82, 2.24) is 0 Å². The van der Waals surface area contributed by atoms with E-state index in [1.807, 2.05) is 0 Å². The number of benzene rings is 1. The molecule has 1 aliphatic carbocycles. The molecule has 1 aromatic carbocycles. The first-order chi connectivity index (χ1) is 8.56. The van der Waals surface area contributed by atoms with Crippen LogP contribution < -0.4 is 11.1 Å². The minimum Gasteiger partial charge on any atom is -0.328 e. The largest absolute Gasteiger partial charge is 0.328 e. The van der Waals surface area contributed by atoms with Crippen molar-refractivity contribution < 1.29 is 9.18 Å². The molecule has 0 saturated heterocycles. The average Bonchev–Trinajstić information content (AvgIpc) is 2.33. The predicted molar refractivity (Wildman–Crippen MR) is 70.0 cm³/mol. The quantitative estimate of drug-likeness (QED) is 0.868. The van der Waals surface area contributed by atoms with Gasteiger partial charge in [-0.05, 0) is 43.9 Å². The molecule has 0 spiro atoms. The molecule has 5 heteroatoms. The lowest BCUT2D eigenvalue weighted by Crippen LogP contribution is -2.32. The van der Waals surface area contributed by atoms with Gasteiger partial charge in [-0.15, -0.1) is 0 Å². The van der Waals surface area contributed by atoms with Crippen LogP contribution in [0.1, 0.15) is 25.7 Å². The van der Waals surface area contributed by atoms with Crippen molar-refractivity contribution in [2.45, 2.75) is 31.7 Å². The lowest BCUT2D eigenvalue weighted by atomic mass is 9.86. The summed E-state index contributed by atoms with van der Waals surface area (Å²) in [5.41, 5.74) is 6.25. The summed E-state index contributed by atoms with van der Waals surface area (Å²) >= 11 is 5.86. The molecule has 1 amide bonds. The Morgan fingerprint density at radius 3 is 2.61 bits per heavy atom. The van der Waals surface area contributed by atoms with Gasteiger partial charge in [-0.3, -0.25) is 4.79 Å². The minimum atomic E-state index is -0.415. The van der Waals surface area contributed by atoms with Crippen LogP contribution in [0, 0.1) is 11.7 Å². The fourth-order valence-electron chi connectivity index (χ4n) is 2.21. The van der Waals surface area contributed by atoms with Crippen molar-refractivity contribution in [3.05, 3.63) is 29.0 Å².